The maximum Gasteiger partial charge on any atom is 0.451 e. The molecule has 0 radical (unpaired) electrons. The average Bonchev–Trinajstić information content (AvgIpc) is 1.78. The Labute approximate surface area is 74.8 Å². The summed E-state index contributed by atoms with van der Waals surface area (Å²) < 4.78 is 81.3. The van der Waals surface area contributed by atoms with E-state index in [9.17, 15) is 26.3 Å². The molecule has 0 aromatic carbocycles. The van der Waals surface area contributed by atoms with E-state index in [1.165, 1.54) is 0 Å². The first-order valence-corrected chi connectivity index (χ1v) is 3.45. The van der Waals surface area contributed by atoms with E-state index >= 15 is 0 Å². The molecule has 1 saturated heterocycles. The summed E-state index contributed by atoms with van der Waals surface area (Å²) in [5.74, 6) is -7.31. The van der Waals surface area contributed by atoms with Gasteiger partial charge >= 0.3 is 12.2 Å². The van der Waals surface area contributed by atoms with Crippen LogP contribution in [0.2, 0.25) is 0 Å². The molecule has 0 aromatic heterocycles. The van der Waals surface area contributed by atoms with Crippen LogP contribution in [0.25, 0.3) is 0 Å². The van der Waals surface area contributed by atoms with Crippen LogP contribution in [0.4, 0.5) is 26.3 Å². The molecule has 0 N–H and O–H groups in total. The zero-order valence-electron chi connectivity index (χ0n) is 7.08. The zero-order valence-corrected chi connectivity index (χ0v) is 7.08. The van der Waals surface area contributed by atoms with Crippen molar-refractivity contribution >= 4 is 0 Å². The number of alkyl halides is 6. The van der Waals surface area contributed by atoms with Gasteiger partial charge in [0.1, 0.15) is 0 Å². The predicted octanol–water partition coefficient (Wildman–Crippen LogP) is 2.59. The monoisotopic (exact) mass is 224 g/mol. The molecule has 8 heteroatoms. The summed E-state index contributed by atoms with van der Waals surface area (Å²) in [4.78, 5) is 0. The molecule has 2 unspecified atom stereocenters. The lowest BCUT2D eigenvalue weighted by Gasteiger charge is -2.44. The van der Waals surface area contributed by atoms with Gasteiger partial charge in [-0.05, 0) is 0 Å². The molecule has 0 saturated carbocycles. The van der Waals surface area contributed by atoms with E-state index in [0.717, 1.165) is 0 Å². The van der Waals surface area contributed by atoms with E-state index in [1.54, 1.807) is 0 Å². The van der Waals surface area contributed by atoms with Crippen LogP contribution in [0, 0.1) is 0 Å². The van der Waals surface area contributed by atoms with Gasteiger partial charge in [0.2, 0.25) is 0 Å². The van der Waals surface area contributed by atoms with Crippen LogP contribution >= 0.6 is 0 Å². The van der Waals surface area contributed by atoms with Gasteiger partial charge in [0.05, 0.1) is 0 Å². The second kappa shape index (κ2) is 2.54. The third-order valence-electron chi connectivity index (χ3n) is 1.78. The average molecular weight is 224 g/mol. The minimum Gasteiger partial charge on any atom is -0.270 e. The molecule has 0 aromatic rings. The lowest BCUT2D eigenvalue weighted by molar-refractivity contribution is -0.560. The van der Waals surface area contributed by atoms with Crippen LogP contribution < -0.4 is 0 Å². The number of hydrogen-bond donors (Lipinski definition) is 0. The smallest absolute Gasteiger partial charge is 0.270 e. The van der Waals surface area contributed by atoms with E-state index in [2.05, 4.69) is 9.47 Å². The third-order valence-corrected chi connectivity index (χ3v) is 1.78. The third kappa shape index (κ3) is 1.46. The van der Waals surface area contributed by atoms with Crippen molar-refractivity contribution in [2.24, 2.45) is 0 Å². The van der Waals surface area contributed by atoms with Crippen LogP contribution in [0.5, 0.6) is 0 Å². The van der Waals surface area contributed by atoms with E-state index in [1.807, 2.05) is 0 Å². The minimum absolute atomic E-state index is 0.232. The van der Waals surface area contributed by atoms with Crippen LogP contribution in [0.1, 0.15) is 13.8 Å². The molecular weight excluding hydrogens is 218 g/mol. The maximum absolute atomic E-state index is 13.0. The van der Waals surface area contributed by atoms with Gasteiger partial charge in [0, 0.05) is 13.8 Å². The SMILES string of the molecule is CC1(F)OC(F)(F)C(F)(F)OC1(C)F. The molecule has 14 heavy (non-hydrogen) atoms. The number of rotatable bonds is 0. The summed E-state index contributed by atoms with van der Waals surface area (Å²) in [6, 6.07) is 0. The van der Waals surface area contributed by atoms with E-state index < -0.39 is 23.9 Å². The van der Waals surface area contributed by atoms with Crippen molar-refractivity contribution in [2.45, 2.75) is 37.8 Å². The molecule has 1 aliphatic rings. The zero-order chi connectivity index (χ0) is 11.4. The van der Waals surface area contributed by atoms with E-state index in [-0.39, 0.29) is 13.8 Å². The normalized spacial score (nSPS) is 46.3. The first kappa shape index (κ1) is 11.6. The van der Waals surface area contributed by atoms with Gasteiger partial charge in [-0.2, -0.15) is 17.6 Å². The first-order valence-electron chi connectivity index (χ1n) is 3.45. The quantitative estimate of drug-likeness (QED) is 0.589. The molecule has 84 valence electrons. The highest BCUT2D eigenvalue weighted by molar-refractivity contribution is 4.88. The number of hydrogen-bond acceptors (Lipinski definition) is 2. The molecule has 0 aliphatic carbocycles. The Kier molecular flexibility index (Phi) is 2.10. The molecule has 2 atom stereocenters. The van der Waals surface area contributed by atoms with Crippen molar-refractivity contribution in [1.82, 2.24) is 0 Å². The fourth-order valence-electron chi connectivity index (χ4n) is 0.783. The highest BCUT2D eigenvalue weighted by atomic mass is 19.3. The molecule has 2 nitrogen and oxygen atoms in total. The molecule has 1 fully saturated rings. The van der Waals surface area contributed by atoms with Crippen molar-refractivity contribution in [3.63, 3.8) is 0 Å². The van der Waals surface area contributed by atoms with Crippen molar-refractivity contribution in [3.05, 3.63) is 0 Å². The Morgan fingerprint density at radius 3 is 1.07 bits per heavy atom. The van der Waals surface area contributed by atoms with Crippen LogP contribution in [-0.2, 0) is 9.47 Å². The summed E-state index contributed by atoms with van der Waals surface area (Å²) >= 11 is 0. The second-order valence-electron chi connectivity index (χ2n) is 3.07. The molecule has 0 bridgehead atoms. The van der Waals surface area contributed by atoms with Crippen LogP contribution in [-0.4, -0.2) is 23.9 Å². The van der Waals surface area contributed by atoms with Crippen molar-refractivity contribution in [3.8, 4) is 0 Å². The van der Waals surface area contributed by atoms with Crippen molar-refractivity contribution < 1.29 is 35.8 Å². The fraction of sp³-hybridized carbons (Fsp3) is 1.00. The first-order chi connectivity index (χ1) is 5.91. The largest absolute Gasteiger partial charge is 0.451 e. The Morgan fingerprint density at radius 2 is 0.857 bits per heavy atom. The second-order valence-corrected chi connectivity index (χ2v) is 3.07. The lowest BCUT2D eigenvalue weighted by Crippen LogP contribution is -2.65. The molecular formula is C6H6F6O2. The highest BCUT2D eigenvalue weighted by Gasteiger charge is 2.74. The predicted molar refractivity (Wildman–Crippen MR) is 31.1 cm³/mol. The fourth-order valence-corrected chi connectivity index (χ4v) is 0.783. The van der Waals surface area contributed by atoms with Crippen LogP contribution in [0.15, 0.2) is 0 Å². The Morgan fingerprint density at radius 1 is 0.643 bits per heavy atom. The molecule has 0 spiro atoms. The van der Waals surface area contributed by atoms with Gasteiger partial charge in [-0.1, -0.05) is 0 Å². The molecule has 1 heterocycles. The minimum atomic E-state index is -5.21. The van der Waals surface area contributed by atoms with Gasteiger partial charge in [0.25, 0.3) is 11.7 Å². The summed E-state index contributed by atoms with van der Waals surface area (Å²) in [5.41, 5.74) is 0. The van der Waals surface area contributed by atoms with Crippen molar-refractivity contribution in [1.29, 1.82) is 0 Å². The molecule has 1 rings (SSSR count). The Hall–Kier alpha value is -0.500. The summed E-state index contributed by atoms with van der Waals surface area (Å²) in [5, 5.41) is 0. The maximum atomic E-state index is 13.0. The summed E-state index contributed by atoms with van der Waals surface area (Å²) in [6.07, 6.45) is -10.4. The lowest BCUT2D eigenvalue weighted by atomic mass is 10.1. The Balaban J connectivity index is 3.07. The van der Waals surface area contributed by atoms with E-state index in [0.29, 0.717) is 0 Å². The number of ether oxygens (including phenoxy) is 2. The summed E-state index contributed by atoms with van der Waals surface area (Å²) in [7, 11) is 0. The molecule has 1 aliphatic heterocycles. The Bertz CT molecular complexity index is 199. The van der Waals surface area contributed by atoms with E-state index in [4.69, 9.17) is 0 Å². The van der Waals surface area contributed by atoms with Crippen LogP contribution in [0.3, 0.4) is 0 Å². The van der Waals surface area contributed by atoms with Crippen molar-refractivity contribution in [2.75, 3.05) is 0 Å². The summed E-state index contributed by atoms with van der Waals surface area (Å²) in [6.45, 7) is 0.465. The van der Waals surface area contributed by atoms with Gasteiger partial charge in [-0.25, -0.2) is 8.78 Å². The van der Waals surface area contributed by atoms with Gasteiger partial charge < -0.3 is 0 Å². The standard InChI is InChI=1S/C6H6F6O2/c1-3(7)4(2,8)14-6(11,12)5(9,10)13-3/h1-2H3. The number of halogens is 6. The van der Waals surface area contributed by atoms with Gasteiger partial charge in [0.15, 0.2) is 0 Å². The highest BCUT2D eigenvalue weighted by Crippen LogP contribution is 2.51. The van der Waals surface area contributed by atoms with Gasteiger partial charge in [-0.15, -0.1) is 0 Å². The molecule has 0 amide bonds. The van der Waals surface area contributed by atoms with Gasteiger partial charge in [-0.3, -0.25) is 9.47 Å². The topological polar surface area (TPSA) is 18.5 Å².